The summed E-state index contributed by atoms with van der Waals surface area (Å²) in [5.41, 5.74) is 0. The topological polar surface area (TPSA) is 17.1 Å². The van der Waals surface area contributed by atoms with Crippen LogP contribution in [0.1, 0.15) is 58.3 Å². The molecule has 0 saturated heterocycles. The maximum Gasteiger partial charge on any atom is 0.135 e. The van der Waals surface area contributed by atoms with E-state index < -0.39 is 0 Å². The minimum absolute atomic E-state index is 0.372. The van der Waals surface area contributed by atoms with Gasteiger partial charge in [-0.15, -0.1) is 0 Å². The second-order valence-electron chi connectivity index (χ2n) is 5.29. The summed E-state index contributed by atoms with van der Waals surface area (Å²) in [4.78, 5) is 11.4. The molecule has 80 valence electrons. The van der Waals surface area contributed by atoms with Crippen LogP contribution in [0.5, 0.6) is 0 Å². The third-order valence-electron chi connectivity index (χ3n) is 4.34. The molecule has 2 aliphatic carbocycles. The molecule has 0 aromatic heterocycles. The largest absolute Gasteiger partial charge is 0.299 e. The van der Waals surface area contributed by atoms with Crippen molar-refractivity contribution in [3.63, 3.8) is 0 Å². The van der Waals surface area contributed by atoms with Crippen molar-refractivity contribution in [2.75, 3.05) is 0 Å². The van der Waals surface area contributed by atoms with Gasteiger partial charge in [0.1, 0.15) is 5.78 Å². The van der Waals surface area contributed by atoms with Crippen molar-refractivity contribution in [3.8, 4) is 0 Å². The molecule has 0 radical (unpaired) electrons. The molecule has 1 nitrogen and oxygen atoms in total. The Bertz CT molecular complexity index is 203. The highest BCUT2D eigenvalue weighted by atomic mass is 16.1. The molecule has 2 atom stereocenters. The van der Waals surface area contributed by atoms with Gasteiger partial charge in [0.05, 0.1) is 0 Å². The first kappa shape index (κ1) is 10.2. The predicted molar refractivity (Wildman–Crippen MR) is 58.1 cm³/mol. The average Bonchev–Trinajstić information content (AvgIpc) is 2.52. The van der Waals surface area contributed by atoms with Gasteiger partial charge in [-0.1, -0.05) is 39.0 Å². The predicted octanol–water partition coefficient (Wildman–Crippen LogP) is 3.57. The first-order chi connectivity index (χ1) is 6.77. The fourth-order valence-electron chi connectivity index (χ4n) is 3.24. The molecule has 0 aliphatic heterocycles. The molecule has 2 saturated carbocycles. The molecule has 0 aromatic carbocycles. The lowest BCUT2D eigenvalue weighted by Crippen LogP contribution is -2.16. The van der Waals surface area contributed by atoms with Crippen molar-refractivity contribution in [2.45, 2.75) is 58.3 Å². The molecular formula is C13H22O. The van der Waals surface area contributed by atoms with E-state index in [2.05, 4.69) is 6.92 Å². The van der Waals surface area contributed by atoms with Crippen LogP contribution in [-0.2, 0) is 4.79 Å². The zero-order valence-electron chi connectivity index (χ0n) is 9.30. The van der Waals surface area contributed by atoms with E-state index in [0.29, 0.717) is 11.7 Å². The number of hydrogen-bond donors (Lipinski definition) is 0. The van der Waals surface area contributed by atoms with Gasteiger partial charge in [0, 0.05) is 12.3 Å². The van der Waals surface area contributed by atoms with Crippen LogP contribution in [0.3, 0.4) is 0 Å². The highest BCUT2D eigenvalue weighted by molar-refractivity contribution is 5.82. The van der Waals surface area contributed by atoms with Crippen LogP contribution in [0.4, 0.5) is 0 Å². The summed E-state index contributed by atoms with van der Waals surface area (Å²) in [6.07, 6.45) is 10.5. The standard InChI is InChI=1S/C13H22O/c1-10-12(7-8-13(10)14)9-11-5-3-2-4-6-11/h10-12H,2-9H2,1H3. The van der Waals surface area contributed by atoms with Gasteiger partial charge in [-0.3, -0.25) is 4.79 Å². The van der Waals surface area contributed by atoms with Gasteiger partial charge in [-0.05, 0) is 24.7 Å². The summed E-state index contributed by atoms with van der Waals surface area (Å²) >= 11 is 0. The number of Topliss-reactive ketones (excluding diaryl/α,β-unsaturated/α-hetero) is 1. The second-order valence-corrected chi connectivity index (χ2v) is 5.29. The highest BCUT2D eigenvalue weighted by Gasteiger charge is 2.32. The van der Waals surface area contributed by atoms with E-state index >= 15 is 0 Å². The van der Waals surface area contributed by atoms with Crippen molar-refractivity contribution >= 4 is 5.78 Å². The molecule has 2 aliphatic rings. The van der Waals surface area contributed by atoms with E-state index in [1.807, 2.05) is 0 Å². The Morgan fingerprint density at radius 3 is 2.43 bits per heavy atom. The number of rotatable bonds is 2. The van der Waals surface area contributed by atoms with Crippen molar-refractivity contribution in [2.24, 2.45) is 17.8 Å². The Kier molecular flexibility index (Phi) is 3.25. The van der Waals surface area contributed by atoms with E-state index in [0.717, 1.165) is 18.3 Å². The highest BCUT2D eigenvalue weighted by Crippen LogP contribution is 2.37. The summed E-state index contributed by atoms with van der Waals surface area (Å²) in [5, 5.41) is 0. The van der Waals surface area contributed by atoms with Crippen LogP contribution in [0.15, 0.2) is 0 Å². The number of carbonyl (C=O) groups excluding carboxylic acids is 1. The summed E-state index contributed by atoms with van der Waals surface area (Å²) in [7, 11) is 0. The lowest BCUT2D eigenvalue weighted by Gasteiger charge is -2.25. The van der Waals surface area contributed by atoms with Crippen LogP contribution >= 0.6 is 0 Å². The molecule has 2 rings (SSSR count). The van der Waals surface area contributed by atoms with E-state index in [1.165, 1.54) is 44.9 Å². The molecule has 0 N–H and O–H groups in total. The number of carbonyl (C=O) groups is 1. The minimum atomic E-state index is 0.372. The molecular weight excluding hydrogens is 172 g/mol. The molecule has 14 heavy (non-hydrogen) atoms. The zero-order valence-corrected chi connectivity index (χ0v) is 9.30. The lowest BCUT2D eigenvalue weighted by molar-refractivity contribution is -0.120. The molecule has 2 fully saturated rings. The van der Waals surface area contributed by atoms with Crippen molar-refractivity contribution < 1.29 is 4.79 Å². The average molecular weight is 194 g/mol. The first-order valence-corrected chi connectivity index (χ1v) is 6.30. The van der Waals surface area contributed by atoms with Crippen LogP contribution in [0, 0.1) is 17.8 Å². The van der Waals surface area contributed by atoms with E-state index in [1.54, 1.807) is 0 Å². The van der Waals surface area contributed by atoms with Crippen LogP contribution in [-0.4, -0.2) is 5.78 Å². The number of hydrogen-bond acceptors (Lipinski definition) is 1. The third kappa shape index (κ3) is 2.18. The Morgan fingerprint density at radius 2 is 1.86 bits per heavy atom. The van der Waals surface area contributed by atoms with Gasteiger partial charge in [0.25, 0.3) is 0 Å². The lowest BCUT2D eigenvalue weighted by atomic mass is 9.80. The van der Waals surface area contributed by atoms with E-state index in [-0.39, 0.29) is 0 Å². The van der Waals surface area contributed by atoms with Gasteiger partial charge in [0.2, 0.25) is 0 Å². The fraction of sp³-hybridized carbons (Fsp3) is 0.923. The molecule has 0 heterocycles. The van der Waals surface area contributed by atoms with E-state index in [9.17, 15) is 4.79 Å². The first-order valence-electron chi connectivity index (χ1n) is 6.30. The molecule has 2 unspecified atom stereocenters. The van der Waals surface area contributed by atoms with Crippen LogP contribution in [0.2, 0.25) is 0 Å². The maximum atomic E-state index is 11.4. The molecule has 0 spiro atoms. The zero-order chi connectivity index (χ0) is 9.97. The van der Waals surface area contributed by atoms with Gasteiger partial charge in [-0.25, -0.2) is 0 Å². The summed E-state index contributed by atoms with van der Waals surface area (Å²) in [5.74, 6) is 2.57. The monoisotopic (exact) mass is 194 g/mol. The molecule has 1 heteroatoms. The number of ketones is 1. The van der Waals surface area contributed by atoms with Gasteiger partial charge >= 0.3 is 0 Å². The Morgan fingerprint density at radius 1 is 1.14 bits per heavy atom. The quantitative estimate of drug-likeness (QED) is 0.656. The van der Waals surface area contributed by atoms with E-state index in [4.69, 9.17) is 0 Å². The Labute approximate surface area is 87.3 Å². The van der Waals surface area contributed by atoms with Crippen LogP contribution in [0.25, 0.3) is 0 Å². The van der Waals surface area contributed by atoms with Crippen molar-refractivity contribution in [1.29, 1.82) is 0 Å². The van der Waals surface area contributed by atoms with Crippen molar-refractivity contribution in [3.05, 3.63) is 0 Å². The second kappa shape index (κ2) is 4.46. The normalized spacial score (nSPS) is 35.1. The minimum Gasteiger partial charge on any atom is -0.299 e. The van der Waals surface area contributed by atoms with Crippen molar-refractivity contribution in [1.82, 2.24) is 0 Å². The summed E-state index contributed by atoms with van der Waals surface area (Å²) in [6, 6.07) is 0. The molecule has 0 amide bonds. The summed E-state index contributed by atoms with van der Waals surface area (Å²) < 4.78 is 0. The third-order valence-corrected chi connectivity index (χ3v) is 4.34. The maximum absolute atomic E-state index is 11.4. The van der Waals surface area contributed by atoms with Gasteiger partial charge < -0.3 is 0 Å². The van der Waals surface area contributed by atoms with Gasteiger partial charge in [-0.2, -0.15) is 0 Å². The SMILES string of the molecule is CC1C(=O)CCC1CC1CCCCC1. The van der Waals surface area contributed by atoms with Crippen LogP contribution < -0.4 is 0 Å². The Hall–Kier alpha value is -0.330. The smallest absolute Gasteiger partial charge is 0.135 e. The Balaban J connectivity index is 1.81. The van der Waals surface area contributed by atoms with Gasteiger partial charge in [0.15, 0.2) is 0 Å². The molecule has 0 aromatic rings. The fourth-order valence-corrected chi connectivity index (χ4v) is 3.24. The summed E-state index contributed by atoms with van der Waals surface area (Å²) in [6.45, 7) is 2.14. The molecule has 0 bridgehead atoms.